The molecule has 1 saturated heterocycles. The van der Waals surface area contributed by atoms with Gasteiger partial charge in [0, 0.05) is 18.6 Å². The predicted octanol–water partition coefficient (Wildman–Crippen LogP) is 1.97. The topological polar surface area (TPSA) is 49.4 Å². The van der Waals surface area contributed by atoms with Crippen LogP contribution in [0.5, 0.6) is 0 Å². The summed E-state index contributed by atoms with van der Waals surface area (Å²) in [7, 11) is -3.12. The largest absolute Gasteiger partial charge is 0.313 e. The van der Waals surface area contributed by atoms with E-state index in [-0.39, 0.29) is 17.2 Å². The number of piperidine rings is 1. The van der Waals surface area contributed by atoms with Crippen LogP contribution in [0.25, 0.3) is 0 Å². The van der Waals surface area contributed by atoms with Crippen molar-refractivity contribution in [2.45, 2.75) is 65.0 Å². The highest BCUT2D eigenvalue weighted by Gasteiger charge is 2.39. The molecule has 4 nitrogen and oxygen atoms in total. The minimum absolute atomic E-state index is 0.175. The van der Waals surface area contributed by atoms with Gasteiger partial charge in [-0.25, -0.2) is 8.42 Å². The smallest absolute Gasteiger partial charge is 0.214 e. The summed E-state index contributed by atoms with van der Waals surface area (Å²) in [5.41, 5.74) is -0.175. The van der Waals surface area contributed by atoms with Crippen LogP contribution in [0.15, 0.2) is 0 Å². The maximum absolute atomic E-state index is 12.6. The zero-order chi connectivity index (χ0) is 14.1. The molecule has 1 saturated carbocycles. The van der Waals surface area contributed by atoms with Crippen molar-refractivity contribution in [3.8, 4) is 0 Å². The lowest BCUT2D eigenvalue weighted by atomic mass is 10.0. The van der Waals surface area contributed by atoms with Gasteiger partial charge in [0.05, 0.1) is 5.75 Å². The molecule has 1 heterocycles. The maximum Gasteiger partial charge on any atom is 0.214 e. The molecule has 0 aromatic carbocycles. The van der Waals surface area contributed by atoms with Gasteiger partial charge in [-0.1, -0.05) is 27.2 Å². The third-order valence-corrected chi connectivity index (χ3v) is 6.13. The molecule has 0 bridgehead atoms. The van der Waals surface area contributed by atoms with Gasteiger partial charge in [0.2, 0.25) is 10.0 Å². The van der Waals surface area contributed by atoms with Gasteiger partial charge in [0.25, 0.3) is 0 Å². The van der Waals surface area contributed by atoms with E-state index >= 15 is 0 Å². The van der Waals surface area contributed by atoms with Crippen LogP contribution in [-0.4, -0.2) is 43.6 Å². The first-order valence-electron chi connectivity index (χ1n) is 7.51. The van der Waals surface area contributed by atoms with Gasteiger partial charge in [-0.05, 0) is 37.6 Å². The van der Waals surface area contributed by atoms with Crippen molar-refractivity contribution in [2.24, 2.45) is 5.41 Å². The van der Waals surface area contributed by atoms with Crippen LogP contribution in [0.1, 0.15) is 52.9 Å². The van der Waals surface area contributed by atoms with Gasteiger partial charge in [-0.2, -0.15) is 4.31 Å². The second-order valence-corrected chi connectivity index (χ2v) is 9.19. The summed E-state index contributed by atoms with van der Waals surface area (Å²) in [4.78, 5) is 0. The lowest BCUT2D eigenvalue weighted by molar-refractivity contribution is 0.303. The summed E-state index contributed by atoms with van der Waals surface area (Å²) in [6, 6.07) is 0.625. The van der Waals surface area contributed by atoms with Crippen molar-refractivity contribution < 1.29 is 8.42 Å². The molecule has 1 atom stereocenters. The average Bonchev–Trinajstić information content (AvgIpc) is 3.07. The van der Waals surface area contributed by atoms with Gasteiger partial charge in [0.1, 0.15) is 0 Å². The highest BCUT2D eigenvalue weighted by atomic mass is 32.2. The maximum atomic E-state index is 12.6. The number of hydrogen-bond donors (Lipinski definition) is 1. The van der Waals surface area contributed by atoms with Crippen molar-refractivity contribution in [1.29, 1.82) is 0 Å². The predicted molar refractivity (Wildman–Crippen MR) is 78.6 cm³/mol. The molecule has 1 aliphatic carbocycles. The molecule has 5 heteroatoms. The number of sulfonamides is 1. The summed E-state index contributed by atoms with van der Waals surface area (Å²) < 4.78 is 27.0. The van der Waals surface area contributed by atoms with E-state index in [9.17, 15) is 8.42 Å². The zero-order valence-electron chi connectivity index (χ0n) is 12.5. The van der Waals surface area contributed by atoms with Crippen molar-refractivity contribution in [2.75, 3.05) is 18.8 Å². The summed E-state index contributed by atoms with van der Waals surface area (Å²) in [5, 5.41) is 3.46. The molecule has 0 radical (unpaired) electrons. The Hall–Kier alpha value is -0.130. The molecular formula is C14H28N2O2S. The third kappa shape index (κ3) is 4.72. The summed E-state index contributed by atoms with van der Waals surface area (Å²) >= 11 is 0. The monoisotopic (exact) mass is 288 g/mol. The average molecular weight is 288 g/mol. The first kappa shape index (κ1) is 15.3. The van der Waals surface area contributed by atoms with E-state index in [4.69, 9.17) is 0 Å². The molecule has 2 fully saturated rings. The highest BCUT2D eigenvalue weighted by Crippen LogP contribution is 2.32. The quantitative estimate of drug-likeness (QED) is 0.841. The Labute approximate surface area is 118 Å². The van der Waals surface area contributed by atoms with Gasteiger partial charge in [0.15, 0.2) is 0 Å². The van der Waals surface area contributed by atoms with Gasteiger partial charge in [-0.3, -0.25) is 0 Å². The fraction of sp³-hybridized carbons (Fsp3) is 1.00. The SMILES string of the molecule is CC(C)(C)CS(=O)(=O)N(CC1CCCCN1)C1CC1. The molecule has 0 spiro atoms. The number of rotatable bonds is 5. The van der Waals surface area contributed by atoms with E-state index in [1.54, 1.807) is 4.31 Å². The van der Waals surface area contributed by atoms with E-state index in [0.717, 1.165) is 25.8 Å². The molecule has 0 aromatic rings. The van der Waals surface area contributed by atoms with Crippen molar-refractivity contribution >= 4 is 10.0 Å². The second-order valence-electron chi connectivity index (χ2n) is 7.26. The first-order valence-corrected chi connectivity index (χ1v) is 9.12. The van der Waals surface area contributed by atoms with Gasteiger partial charge in [-0.15, -0.1) is 0 Å². The van der Waals surface area contributed by atoms with E-state index < -0.39 is 10.0 Å². The van der Waals surface area contributed by atoms with Crippen molar-refractivity contribution in [3.05, 3.63) is 0 Å². The Balaban J connectivity index is 2.02. The van der Waals surface area contributed by atoms with Crippen LogP contribution < -0.4 is 5.32 Å². The Bertz CT molecular complexity index is 390. The first-order chi connectivity index (χ1) is 8.78. The van der Waals surface area contributed by atoms with E-state index in [1.165, 1.54) is 12.8 Å². The molecule has 0 aromatic heterocycles. The standard InChI is InChI=1S/C14H28N2O2S/c1-14(2,3)11-19(17,18)16(13-7-8-13)10-12-6-4-5-9-15-12/h12-13,15H,4-11H2,1-3H3. The van der Waals surface area contributed by atoms with Crippen molar-refractivity contribution in [1.82, 2.24) is 9.62 Å². The molecule has 1 N–H and O–H groups in total. The number of nitrogens with one attached hydrogen (secondary N) is 1. The lowest BCUT2D eigenvalue weighted by Gasteiger charge is -2.32. The van der Waals surface area contributed by atoms with Crippen LogP contribution in [0.3, 0.4) is 0 Å². The van der Waals surface area contributed by atoms with Crippen LogP contribution >= 0.6 is 0 Å². The fourth-order valence-electron chi connectivity index (χ4n) is 2.78. The zero-order valence-corrected chi connectivity index (χ0v) is 13.3. The second kappa shape index (κ2) is 5.70. The fourth-order valence-corrected chi connectivity index (χ4v) is 5.11. The number of nitrogens with zero attached hydrogens (tertiary/aromatic N) is 1. The molecule has 19 heavy (non-hydrogen) atoms. The molecule has 1 aliphatic heterocycles. The normalized spacial score (nSPS) is 25.8. The molecule has 112 valence electrons. The van der Waals surface area contributed by atoms with Crippen molar-refractivity contribution in [3.63, 3.8) is 0 Å². The summed E-state index contributed by atoms with van der Waals surface area (Å²) in [6.07, 6.45) is 5.62. The Morgan fingerprint density at radius 3 is 2.32 bits per heavy atom. The van der Waals surface area contributed by atoms with E-state index in [1.807, 2.05) is 20.8 Å². The Kier molecular flexibility index (Phi) is 4.58. The lowest BCUT2D eigenvalue weighted by Crippen LogP contribution is -2.48. The number of hydrogen-bond acceptors (Lipinski definition) is 3. The van der Waals surface area contributed by atoms with E-state index in [2.05, 4.69) is 5.32 Å². The summed E-state index contributed by atoms with van der Waals surface area (Å²) in [6.45, 7) is 7.68. The van der Waals surface area contributed by atoms with E-state index in [0.29, 0.717) is 12.6 Å². The van der Waals surface area contributed by atoms with Crippen LogP contribution in [0.4, 0.5) is 0 Å². The minimum Gasteiger partial charge on any atom is -0.313 e. The molecular weight excluding hydrogens is 260 g/mol. The van der Waals surface area contributed by atoms with Gasteiger partial charge >= 0.3 is 0 Å². The molecule has 2 rings (SSSR count). The molecule has 2 aliphatic rings. The molecule has 1 unspecified atom stereocenters. The van der Waals surface area contributed by atoms with Gasteiger partial charge < -0.3 is 5.32 Å². The Morgan fingerprint density at radius 2 is 1.84 bits per heavy atom. The Morgan fingerprint density at radius 1 is 1.16 bits per heavy atom. The van der Waals surface area contributed by atoms with Crippen LogP contribution in [0.2, 0.25) is 0 Å². The third-order valence-electron chi connectivity index (χ3n) is 3.74. The van der Waals surface area contributed by atoms with Crippen LogP contribution in [0, 0.1) is 5.41 Å². The molecule has 0 amide bonds. The highest BCUT2D eigenvalue weighted by molar-refractivity contribution is 7.89. The minimum atomic E-state index is -3.12. The summed E-state index contributed by atoms with van der Waals surface area (Å²) in [5.74, 6) is 0.253. The van der Waals surface area contributed by atoms with Crippen LogP contribution in [-0.2, 0) is 10.0 Å².